The minimum atomic E-state index is -1.25. The van der Waals surface area contributed by atoms with E-state index in [0.29, 0.717) is 30.5 Å². The van der Waals surface area contributed by atoms with Crippen molar-refractivity contribution in [3.05, 3.63) is 101 Å². The molecule has 1 unspecified atom stereocenters. The van der Waals surface area contributed by atoms with Crippen LogP contribution >= 0.6 is 0 Å². The zero-order valence-electron chi connectivity index (χ0n) is 17.8. The second kappa shape index (κ2) is 9.25. The molecule has 1 heterocycles. The van der Waals surface area contributed by atoms with Crippen molar-refractivity contribution in [2.45, 2.75) is 18.4 Å². The number of nitrogens with zero attached hydrogens (tertiary/aromatic N) is 1. The average Bonchev–Trinajstić information content (AvgIpc) is 2.83. The topological polar surface area (TPSA) is 49.8 Å². The van der Waals surface area contributed by atoms with E-state index in [0.717, 1.165) is 16.9 Å². The first-order valence-electron chi connectivity index (χ1n) is 10.5. The monoisotopic (exact) mass is 429 g/mol. The van der Waals surface area contributed by atoms with Crippen molar-refractivity contribution in [3.8, 4) is 17.6 Å². The molecule has 0 bridgehead atoms. The molecule has 0 saturated carbocycles. The first-order chi connectivity index (χ1) is 15.5. The molecular formula is C27H24FNO3. The van der Waals surface area contributed by atoms with Gasteiger partial charge in [-0.3, -0.25) is 4.79 Å². The molecule has 4 nitrogen and oxygen atoms in total. The summed E-state index contributed by atoms with van der Waals surface area (Å²) in [5, 5.41) is 11.1. The number of hydrogen-bond acceptors (Lipinski definition) is 3. The summed E-state index contributed by atoms with van der Waals surface area (Å²) < 4.78 is 18.8. The SMILES string of the molecule is COc1ccc(C#Cc2ccc(C(=O)N3CCCC(O)(c4cccc(F)c4)C3)cc2)cc1. The van der Waals surface area contributed by atoms with Crippen LogP contribution in [0.15, 0.2) is 72.8 Å². The Morgan fingerprint density at radius 1 is 1.03 bits per heavy atom. The number of benzene rings is 3. The highest BCUT2D eigenvalue weighted by Gasteiger charge is 2.37. The van der Waals surface area contributed by atoms with Crippen LogP contribution in [-0.2, 0) is 5.60 Å². The Labute approximate surface area is 187 Å². The van der Waals surface area contributed by atoms with E-state index in [9.17, 15) is 14.3 Å². The second-order valence-corrected chi connectivity index (χ2v) is 7.93. The van der Waals surface area contributed by atoms with Gasteiger partial charge in [-0.25, -0.2) is 4.39 Å². The molecule has 1 fully saturated rings. The van der Waals surface area contributed by atoms with E-state index in [1.165, 1.54) is 12.1 Å². The molecule has 32 heavy (non-hydrogen) atoms. The Hall–Kier alpha value is -3.62. The number of amides is 1. The molecule has 3 aromatic carbocycles. The number of likely N-dealkylation sites (tertiary alicyclic amines) is 1. The third kappa shape index (κ3) is 4.82. The first kappa shape index (κ1) is 21.6. The van der Waals surface area contributed by atoms with E-state index in [1.807, 2.05) is 36.4 Å². The highest BCUT2D eigenvalue weighted by atomic mass is 19.1. The molecule has 1 amide bonds. The number of ether oxygens (including phenoxy) is 1. The van der Waals surface area contributed by atoms with Gasteiger partial charge in [-0.15, -0.1) is 0 Å². The van der Waals surface area contributed by atoms with Crippen molar-refractivity contribution < 1.29 is 19.0 Å². The van der Waals surface area contributed by atoms with Crippen LogP contribution in [0.1, 0.15) is 39.9 Å². The molecule has 0 aromatic heterocycles. The number of piperidine rings is 1. The van der Waals surface area contributed by atoms with Gasteiger partial charge in [0, 0.05) is 23.2 Å². The summed E-state index contributed by atoms with van der Waals surface area (Å²) in [5.74, 6) is 6.41. The molecular weight excluding hydrogens is 405 g/mol. The van der Waals surface area contributed by atoms with Crippen molar-refractivity contribution in [3.63, 3.8) is 0 Å². The van der Waals surface area contributed by atoms with Gasteiger partial charge in [-0.1, -0.05) is 24.0 Å². The second-order valence-electron chi connectivity index (χ2n) is 7.93. The maximum absolute atomic E-state index is 13.6. The summed E-state index contributed by atoms with van der Waals surface area (Å²) in [6.45, 7) is 0.684. The fourth-order valence-corrected chi connectivity index (χ4v) is 3.92. The third-order valence-electron chi connectivity index (χ3n) is 5.69. The number of methoxy groups -OCH3 is 1. The van der Waals surface area contributed by atoms with Crippen LogP contribution in [-0.4, -0.2) is 36.1 Å². The first-order valence-corrected chi connectivity index (χ1v) is 10.5. The van der Waals surface area contributed by atoms with Gasteiger partial charge in [0.2, 0.25) is 0 Å². The predicted octanol–water partition coefficient (Wildman–Crippen LogP) is 4.36. The zero-order valence-corrected chi connectivity index (χ0v) is 17.8. The van der Waals surface area contributed by atoms with E-state index in [-0.39, 0.29) is 12.5 Å². The lowest BCUT2D eigenvalue weighted by molar-refractivity contribution is -0.0290. The van der Waals surface area contributed by atoms with Crippen LogP contribution in [0.4, 0.5) is 4.39 Å². The molecule has 162 valence electrons. The lowest BCUT2D eigenvalue weighted by Gasteiger charge is -2.39. The van der Waals surface area contributed by atoms with E-state index >= 15 is 0 Å². The normalized spacial score (nSPS) is 17.9. The molecule has 5 heteroatoms. The van der Waals surface area contributed by atoms with E-state index in [1.54, 1.807) is 36.3 Å². The van der Waals surface area contributed by atoms with Gasteiger partial charge >= 0.3 is 0 Å². The van der Waals surface area contributed by atoms with Gasteiger partial charge in [-0.05, 0) is 79.1 Å². The average molecular weight is 429 g/mol. The van der Waals surface area contributed by atoms with E-state index in [2.05, 4.69) is 11.8 Å². The van der Waals surface area contributed by atoms with Crippen LogP contribution in [0.3, 0.4) is 0 Å². The number of carbonyl (C=O) groups excluding carboxylic acids is 1. The Morgan fingerprint density at radius 3 is 2.31 bits per heavy atom. The predicted molar refractivity (Wildman–Crippen MR) is 121 cm³/mol. The van der Waals surface area contributed by atoms with Gasteiger partial charge in [-0.2, -0.15) is 0 Å². The number of aliphatic hydroxyl groups is 1. The smallest absolute Gasteiger partial charge is 0.253 e. The maximum Gasteiger partial charge on any atom is 0.253 e. The number of rotatable bonds is 3. The zero-order chi connectivity index (χ0) is 22.6. The van der Waals surface area contributed by atoms with Gasteiger partial charge in [0.05, 0.1) is 13.7 Å². The molecule has 1 N–H and O–H groups in total. The third-order valence-corrected chi connectivity index (χ3v) is 5.69. The van der Waals surface area contributed by atoms with Crippen molar-refractivity contribution in [1.82, 2.24) is 4.90 Å². The summed E-state index contributed by atoms with van der Waals surface area (Å²) in [6.07, 6.45) is 1.13. The number of halogens is 1. The van der Waals surface area contributed by atoms with Crippen molar-refractivity contribution in [2.24, 2.45) is 0 Å². The van der Waals surface area contributed by atoms with Crippen LogP contribution in [0, 0.1) is 17.7 Å². The Bertz CT molecular complexity index is 1160. The molecule has 4 rings (SSSR count). The minimum absolute atomic E-state index is 0.133. The largest absolute Gasteiger partial charge is 0.497 e. The van der Waals surface area contributed by atoms with Crippen molar-refractivity contribution in [2.75, 3.05) is 20.2 Å². The number of hydrogen-bond donors (Lipinski definition) is 1. The Kier molecular flexibility index (Phi) is 6.25. The number of β-amino-alcohol motifs (C(OH)–C–C–N with tert-alkyl or cyclic N) is 1. The highest BCUT2D eigenvalue weighted by Crippen LogP contribution is 2.32. The summed E-state index contributed by atoms with van der Waals surface area (Å²) in [4.78, 5) is 14.7. The summed E-state index contributed by atoms with van der Waals surface area (Å²) >= 11 is 0. The van der Waals surface area contributed by atoms with Crippen LogP contribution in [0.2, 0.25) is 0 Å². The van der Waals surface area contributed by atoms with Crippen LogP contribution in [0.25, 0.3) is 0 Å². The highest BCUT2D eigenvalue weighted by molar-refractivity contribution is 5.94. The van der Waals surface area contributed by atoms with E-state index in [4.69, 9.17) is 4.74 Å². The quantitative estimate of drug-likeness (QED) is 0.630. The van der Waals surface area contributed by atoms with Gasteiger partial charge in [0.25, 0.3) is 5.91 Å². The summed E-state index contributed by atoms with van der Waals surface area (Å²) in [7, 11) is 1.62. The lowest BCUT2D eigenvalue weighted by Crippen LogP contribution is -2.48. The molecule has 1 aliphatic heterocycles. The van der Waals surface area contributed by atoms with Gasteiger partial charge in [0.1, 0.15) is 17.2 Å². The molecule has 1 saturated heterocycles. The fraction of sp³-hybridized carbons (Fsp3) is 0.222. The molecule has 0 spiro atoms. The fourth-order valence-electron chi connectivity index (χ4n) is 3.92. The molecule has 1 aliphatic rings. The Morgan fingerprint density at radius 2 is 1.69 bits per heavy atom. The minimum Gasteiger partial charge on any atom is -0.497 e. The summed E-state index contributed by atoms with van der Waals surface area (Å²) in [5.41, 5.74) is 1.45. The molecule has 0 radical (unpaired) electrons. The molecule has 1 atom stereocenters. The lowest BCUT2D eigenvalue weighted by atomic mass is 9.85. The van der Waals surface area contributed by atoms with Crippen molar-refractivity contribution >= 4 is 5.91 Å². The number of carbonyl (C=O) groups is 1. The van der Waals surface area contributed by atoms with Crippen LogP contribution < -0.4 is 4.74 Å². The van der Waals surface area contributed by atoms with Crippen molar-refractivity contribution in [1.29, 1.82) is 0 Å². The van der Waals surface area contributed by atoms with Gasteiger partial charge in [0.15, 0.2) is 0 Å². The standard InChI is InChI=1S/C27H24FNO3/c1-32-25-14-10-21(11-15-25)7-6-20-8-12-22(13-9-20)26(30)29-17-3-16-27(31,19-29)23-4-2-5-24(28)18-23/h2,4-5,8-15,18,31H,3,16-17,19H2,1H3. The van der Waals surface area contributed by atoms with E-state index < -0.39 is 11.4 Å². The van der Waals surface area contributed by atoms with Crippen LogP contribution in [0.5, 0.6) is 5.75 Å². The summed E-state index contributed by atoms with van der Waals surface area (Å²) in [6, 6.07) is 20.6. The maximum atomic E-state index is 13.6. The molecule has 3 aromatic rings. The Balaban J connectivity index is 1.46. The molecule has 0 aliphatic carbocycles. The van der Waals surface area contributed by atoms with Gasteiger partial charge < -0.3 is 14.7 Å².